The van der Waals surface area contributed by atoms with Crippen molar-refractivity contribution in [2.75, 3.05) is 26.2 Å². The molecule has 1 heterocycles. The van der Waals surface area contributed by atoms with Crippen LogP contribution in [0.15, 0.2) is 18.2 Å². The zero-order chi connectivity index (χ0) is 13.9. The highest BCUT2D eigenvalue weighted by atomic mass is 35.5. The maximum atomic E-state index is 12.7. The Labute approximate surface area is 127 Å². The molecule has 0 aliphatic carbocycles. The minimum Gasteiger partial charge on any atom is -0.315 e. The zero-order valence-corrected chi connectivity index (χ0v) is 12.4. The van der Waals surface area contributed by atoms with Crippen molar-refractivity contribution in [3.63, 3.8) is 0 Å². The van der Waals surface area contributed by atoms with Crippen molar-refractivity contribution in [2.24, 2.45) is 0 Å². The lowest BCUT2D eigenvalue weighted by atomic mass is 10.1. The molecule has 1 N–H and O–H groups in total. The predicted molar refractivity (Wildman–Crippen MR) is 76.5 cm³/mol. The van der Waals surface area contributed by atoms with Crippen molar-refractivity contribution in [1.82, 2.24) is 10.2 Å². The summed E-state index contributed by atoms with van der Waals surface area (Å²) in [5, 5.41) is 3.40. The molecule has 1 aliphatic heterocycles. The van der Waals surface area contributed by atoms with Crippen LogP contribution in [0.5, 0.6) is 0 Å². The van der Waals surface area contributed by atoms with Gasteiger partial charge in [0, 0.05) is 24.7 Å². The summed E-state index contributed by atoms with van der Waals surface area (Å²) in [6.45, 7) is 4.06. The number of nitrogens with one attached hydrogen (secondary N) is 1. The number of nitrogens with zero attached hydrogens (tertiary/aromatic N) is 1. The topological polar surface area (TPSA) is 15.3 Å². The van der Waals surface area contributed by atoms with Crippen LogP contribution in [0.3, 0.4) is 0 Å². The van der Waals surface area contributed by atoms with Gasteiger partial charge in [-0.1, -0.05) is 11.6 Å². The first-order valence-electron chi connectivity index (χ1n) is 6.25. The first kappa shape index (κ1) is 17.6. The van der Waals surface area contributed by atoms with Crippen LogP contribution in [0.1, 0.15) is 17.5 Å². The maximum absolute atomic E-state index is 12.7. The van der Waals surface area contributed by atoms with E-state index in [1.807, 2.05) is 0 Å². The summed E-state index contributed by atoms with van der Waals surface area (Å²) in [6, 6.07) is 3.76. The molecule has 1 saturated heterocycles. The molecule has 0 spiro atoms. The van der Waals surface area contributed by atoms with E-state index >= 15 is 0 Å². The molecule has 114 valence electrons. The Morgan fingerprint density at radius 1 is 1.15 bits per heavy atom. The van der Waals surface area contributed by atoms with Gasteiger partial charge < -0.3 is 5.32 Å². The first-order chi connectivity index (χ1) is 8.95. The second-order valence-corrected chi connectivity index (χ2v) is 5.16. The van der Waals surface area contributed by atoms with Gasteiger partial charge in [-0.05, 0) is 43.3 Å². The summed E-state index contributed by atoms with van der Waals surface area (Å²) >= 11 is 5.78. The molecule has 1 fully saturated rings. The fourth-order valence-corrected chi connectivity index (χ4v) is 2.48. The Morgan fingerprint density at radius 3 is 2.60 bits per heavy atom. The third-order valence-electron chi connectivity index (χ3n) is 3.12. The van der Waals surface area contributed by atoms with Gasteiger partial charge in [0.15, 0.2) is 0 Å². The van der Waals surface area contributed by atoms with E-state index in [4.69, 9.17) is 11.6 Å². The fourth-order valence-electron chi connectivity index (χ4n) is 2.22. The summed E-state index contributed by atoms with van der Waals surface area (Å²) in [5.74, 6) is 0. The van der Waals surface area contributed by atoms with Crippen molar-refractivity contribution in [1.29, 1.82) is 0 Å². The number of hydrogen-bond donors (Lipinski definition) is 1. The van der Waals surface area contributed by atoms with Crippen LogP contribution in [-0.2, 0) is 12.7 Å². The maximum Gasteiger partial charge on any atom is 0.416 e. The van der Waals surface area contributed by atoms with E-state index < -0.39 is 11.7 Å². The zero-order valence-electron chi connectivity index (χ0n) is 10.8. The lowest BCUT2D eigenvalue weighted by Gasteiger charge is -2.20. The van der Waals surface area contributed by atoms with E-state index in [0.29, 0.717) is 12.1 Å². The van der Waals surface area contributed by atoms with Gasteiger partial charge in [0.1, 0.15) is 0 Å². The minimum atomic E-state index is -4.35. The molecule has 7 heteroatoms. The lowest BCUT2D eigenvalue weighted by Crippen LogP contribution is -2.27. The summed E-state index contributed by atoms with van der Waals surface area (Å²) in [7, 11) is 0. The molecule has 0 unspecified atom stereocenters. The standard InChI is InChI=1S/C13H16ClF3N2.ClH/c14-12-7-10(6-11(8-12)13(15,16)17)9-19-4-1-2-18-3-5-19;/h6-8,18H,1-5,9H2;1H. The molecule has 2 nitrogen and oxygen atoms in total. The Kier molecular flexibility index (Phi) is 6.58. The summed E-state index contributed by atoms with van der Waals surface area (Å²) in [4.78, 5) is 2.14. The van der Waals surface area contributed by atoms with E-state index in [0.717, 1.165) is 38.7 Å². The number of alkyl halides is 3. The largest absolute Gasteiger partial charge is 0.416 e. The lowest BCUT2D eigenvalue weighted by molar-refractivity contribution is -0.137. The Bertz CT molecular complexity index is 430. The van der Waals surface area contributed by atoms with Crippen LogP contribution in [0.4, 0.5) is 13.2 Å². The number of hydrogen-bond acceptors (Lipinski definition) is 2. The van der Waals surface area contributed by atoms with E-state index in [1.54, 1.807) is 6.07 Å². The van der Waals surface area contributed by atoms with Gasteiger partial charge in [-0.25, -0.2) is 0 Å². The normalized spacial score (nSPS) is 17.4. The van der Waals surface area contributed by atoms with Crippen molar-refractivity contribution in [3.8, 4) is 0 Å². The Balaban J connectivity index is 0.00000200. The molecule has 0 aromatic heterocycles. The van der Waals surface area contributed by atoms with Crippen LogP contribution in [0, 0.1) is 0 Å². The highest BCUT2D eigenvalue weighted by Gasteiger charge is 2.31. The van der Waals surface area contributed by atoms with E-state index in [2.05, 4.69) is 10.2 Å². The van der Waals surface area contributed by atoms with Crippen molar-refractivity contribution < 1.29 is 13.2 Å². The Hall–Kier alpha value is -0.490. The summed E-state index contributed by atoms with van der Waals surface area (Å²) in [5.41, 5.74) is -0.0651. The van der Waals surface area contributed by atoms with Crippen LogP contribution < -0.4 is 5.32 Å². The van der Waals surface area contributed by atoms with Crippen LogP contribution in [-0.4, -0.2) is 31.1 Å². The summed E-state index contributed by atoms with van der Waals surface area (Å²) < 4.78 is 38.1. The number of rotatable bonds is 2. The van der Waals surface area contributed by atoms with Gasteiger partial charge in [-0.15, -0.1) is 12.4 Å². The molecule has 0 radical (unpaired) electrons. The van der Waals surface area contributed by atoms with Gasteiger partial charge in [0.25, 0.3) is 0 Å². The quantitative estimate of drug-likeness (QED) is 0.892. The molecule has 0 saturated carbocycles. The van der Waals surface area contributed by atoms with Gasteiger partial charge in [-0.3, -0.25) is 4.90 Å². The molecular formula is C13H17Cl2F3N2. The predicted octanol–water partition coefficient (Wildman–Crippen LogP) is 3.58. The fraction of sp³-hybridized carbons (Fsp3) is 0.538. The van der Waals surface area contributed by atoms with Gasteiger partial charge >= 0.3 is 6.18 Å². The average molecular weight is 329 g/mol. The highest BCUT2D eigenvalue weighted by Crippen LogP contribution is 2.32. The molecule has 0 bridgehead atoms. The van der Waals surface area contributed by atoms with E-state index in [1.165, 1.54) is 6.07 Å². The third kappa shape index (κ3) is 5.13. The second kappa shape index (κ2) is 7.50. The van der Waals surface area contributed by atoms with Gasteiger partial charge in [0.05, 0.1) is 5.56 Å². The van der Waals surface area contributed by atoms with Gasteiger partial charge in [0.2, 0.25) is 0 Å². The number of halogens is 5. The molecule has 1 aliphatic rings. The molecule has 0 atom stereocenters. The summed E-state index contributed by atoms with van der Waals surface area (Å²) in [6.07, 6.45) is -3.34. The highest BCUT2D eigenvalue weighted by molar-refractivity contribution is 6.30. The third-order valence-corrected chi connectivity index (χ3v) is 3.34. The average Bonchev–Trinajstić information content (AvgIpc) is 2.55. The monoisotopic (exact) mass is 328 g/mol. The molecule has 20 heavy (non-hydrogen) atoms. The molecular weight excluding hydrogens is 312 g/mol. The van der Waals surface area contributed by atoms with Crippen LogP contribution in [0.25, 0.3) is 0 Å². The number of benzene rings is 1. The first-order valence-corrected chi connectivity index (χ1v) is 6.63. The SMILES string of the molecule is Cl.FC(F)(F)c1cc(Cl)cc(CN2CCCNCC2)c1. The van der Waals surface area contributed by atoms with Gasteiger partial charge in [-0.2, -0.15) is 13.2 Å². The molecule has 1 aromatic carbocycles. The second-order valence-electron chi connectivity index (χ2n) is 4.73. The van der Waals surface area contributed by atoms with E-state index in [-0.39, 0.29) is 17.4 Å². The Morgan fingerprint density at radius 2 is 1.90 bits per heavy atom. The smallest absolute Gasteiger partial charge is 0.315 e. The van der Waals surface area contributed by atoms with Crippen molar-refractivity contribution in [2.45, 2.75) is 19.1 Å². The van der Waals surface area contributed by atoms with Crippen molar-refractivity contribution >= 4 is 24.0 Å². The molecule has 0 amide bonds. The van der Waals surface area contributed by atoms with Crippen LogP contribution >= 0.6 is 24.0 Å². The minimum absolute atomic E-state index is 0. The van der Waals surface area contributed by atoms with Crippen molar-refractivity contribution in [3.05, 3.63) is 34.3 Å². The molecule has 1 aromatic rings. The van der Waals surface area contributed by atoms with E-state index in [9.17, 15) is 13.2 Å². The van der Waals surface area contributed by atoms with Crippen LogP contribution in [0.2, 0.25) is 5.02 Å². The molecule has 2 rings (SSSR count).